The molecule has 0 saturated carbocycles. The maximum Gasteiger partial charge on any atom is 0.327 e. The van der Waals surface area contributed by atoms with Gasteiger partial charge < -0.3 is 24.6 Å². The molecule has 3 atom stereocenters. The molecule has 3 N–H and O–H groups in total. The van der Waals surface area contributed by atoms with Crippen LogP contribution in [0.4, 0.5) is 4.79 Å². The minimum absolute atomic E-state index is 0.00736. The number of esters is 1. The number of nitrogens with zero attached hydrogens (tertiary/aromatic N) is 5. The molecular weight excluding hydrogens is 666 g/mol. The first-order chi connectivity index (χ1) is 24.6. The summed E-state index contributed by atoms with van der Waals surface area (Å²) in [4.78, 5) is 74.6. The fourth-order valence-electron chi connectivity index (χ4n) is 7.35. The monoisotopic (exact) mass is 713 g/mol. The van der Waals surface area contributed by atoms with Crippen LogP contribution in [-0.4, -0.2) is 104 Å². The lowest BCUT2D eigenvalue weighted by molar-refractivity contribution is -0.155. The first-order valence-electron chi connectivity index (χ1n) is 17.7. The van der Waals surface area contributed by atoms with Crippen LogP contribution in [0.25, 0.3) is 22.2 Å². The molecule has 14 heteroatoms. The Bertz CT molecular complexity index is 1940. The zero-order chi connectivity index (χ0) is 37.5. The number of rotatable bonds is 5. The van der Waals surface area contributed by atoms with Crippen molar-refractivity contribution in [2.24, 2.45) is 11.3 Å². The van der Waals surface area contributed by atoms with Crippen LogP contribution in [0.2, 0.25) is 0 Å². The number of carbonyl (C=O) groups is 5. The number of imide groups is 1. The summed E-state index contributed by atoms with van der Waals surface area (Å²) < 4.78 is 7.95. The first kappa shape index (κ1) is 36.5. The van der Waals surface area contributed by atoms with E-state index in [2.05, 4.69) is 21.9 Å². The number of phenolic OH excluding ortho intramolecular Hbond substituents is 1. The van der Waals surface area contributed by atoms with Crippen LogP contribution < -0.4 is 10.7 Å². The Balaban J connectivity index is 1.39. The highest BCUT2D eigenvalue weighted by Gasteiger charge is 2.42. The molecule has 6 rings (SSSR count). The molecule has 0 spiro atoms. The van der Waals surface area contributed by atoms with E-state index in [1.807, 2.05) is 45.0 Å². The van der Waals surface area contributed by atoms with Gasteiger partial charge >= 0.3 is 12.0 Å². The van der Waals surface area contributed by atoms with Crippen LogP contribution in [0.5, 0.6) is 5.75 Å². The number of benzene rings is 2. The lowest BCUT2D eigenvalue weighted by Crippen LogP contribution is -2.62. The summed E-state index contributed by atoms with van der Waals surface area (Å²) >= 11 is 0. The first-order valence-corrected chi connectivity index (χ1v) is 17.7. The molecule has 6 bridgehead atoms. The van der Waals surface area contributed by atoms with Crippen LogP contribution in [0, 0.1) is 18.3 Å². The van der Waals surface area contributed by atoms with Crippen LogP contribution in [-0.2, 0) is 36.9 Å². The molecule has 1 aromatic heterocycles. The number of ether oxygens (including phenoxy) is 1. The highest BCUT2D eigenvalue weighted by atomic mass is 16.5. The molecule has 0 aliphatic carbocycles. The second-order valence-electron chi connectivity index (χ2n) is 15.0. The van der Waals surface area contributed by atoms with Gasteiger partial charge in [-0.2, -0.15) is 0 Å². The van der Waals surface area contributed by atoms with Gasteiger partial charge in [-0.05, 0) is 72.7 Å². The summed E-state index contributed by atoms with van der Waals surface area (Å²) in [6, 6.07) is 7.39. The van der Waals surface area contributed by atoms with Gasteiger partial charge in [0, 0.05) is 38.0 Å². The van der Waals surface area contributed by atoms with Gasteiger partial charge in [-0.15, -0.1) is 0 Å². The van der Waals surface area contributed by atoms with Crippen LogP contribution in [0.15, 0.2) is 49.1 Å². The number of nitrogens with one attached hydrogen (secondary N) is 2. The Morgan fingerprint density at radius 2 is 1.87 bits per heavy atom. The van der Waals surface area contributed by atoms with E-state index in [1.165, 1.54) is 9.91 Å². The Morgan fingerprint density at radius 1 is 1.10 bits per heavy atom. The summed E-state index contributed by atoms with van der Waals surface area (Å²) in [5.74, 6) is -1.66. The molecule has 5 amide bonds. The van der Waals surface area contributed by atoms with Gasteiger partial charge in [0.15, 0.2) is 0 Å². The van der Waals surface area contributed by atoms with Crippen molar-refractivity contribution in [2.45, 2.75) is 78.6 Å². The van der Waals surface area contributed by atoms with Crippen molar-refractivity contribution in [3.05, 3.63) is 60.4 Å². The molecule has 14 nitrogen and oxygen atoms in total. The molecule has 52 heavy (non-hydrogen) atoms. The third-order valence-corrected chi connectivity index (χ3v) is 9.95. The largest absolute Gasteiger partial charge is 0.508 e. The second-order valence-corrected chi connectivity index (χ2v) is 15.0. The summed E-state index contributed by atoms with van der Waals surface area (Å²) in [7, 11) is 0. The van der Waals surface area contributed by atoms with E-state index in [0.717, 1.165) is 33.4 Å². The molecule has 0 unspecified atom stereocenters. The van der Waals surface area contributed by atoms with Crippen molar-refractivity contribution in [1.29, 1.82) is 0 Å². The zero-order valence-corrected chi connectivity index (χ0v) is 30.3. The average molecular weight is 714 g/mol. The molecular formula is C38H47N7O7. The number of amides is 5. The van der Waals surface area contributed by atoms with E-state index < -0.39 is 53.3 Å². The number of aromatic hydroxyl groups is 1. The topological polar surface area (TPSA) is 166 Å². The van der Waals surface area contributed by atoms with Crippen LogP contribution >= 0.6 is 0 Å². The Kier molecular flexibility index (Phi) is 10.1. The molecule has 2 saturated heterocycles. The smallest absolute Gasteiger partial charge is 0.327 e. The third kappa shape index (κ3) is 7.38. The fraction of sp³-hybridized carbons (Fsp3) is 0.474. The fourth-order valence-corrected chi connectivity index (χ4v) is 7.35. The number of carbonyl (C=O) groups excluding carboxylic acids is 5. The molecule has 3 aliphatic rings. The van der Waals surface area contributed by atoms with Crippen LogP contribution in [0.3, 0.4) is 0 Å². The number of fused-ring (bicyclic) bond motifs is 6. The predicted molar refractivity (Wildman–Crippen MR) is 192 cm³/mol. The van der Waals surface area contributed by atoms with Crippen molar-refractivity contribution in [3.63, 3.8) is 0 Å². The molecule has 4 heterocycles. The number of aromatic nitrogens is 2. The van der Waals surface area contributed by atoms with E-state index in [4.69, 9.17) is 9.72 Å². The van der Waals surface area contributed by atoms with E-state index in [1.54, 1.807) is 26.0 Å². The van der Waals surface area contributed by atoms with Gasteiger partial charge in [-0.25, -0.2) is 15.2 Å². The zero-order valence-electron chi connectivity index (χ0n) is 30.3. The minimum atomic E-state index is -1.15. The quantitative estimate of drug-likeness (QED) is 0.266. The summed E-state index contributed by atoms with van der Waals surface area (Å²) in [5.41, 5.74) is 6.37. The van der Waals surface area contributed by atoms with Crippen LogP contribution in [0.1, 0.15) is 51.9 Å². The highest BCUT2D eigenvalue weighted by molar-refractivity contribution is 6.02. The van der Waals surface area contributed by atoms with E-state index in [0.29, 0.717) is 30.5 Å². The number of phenols is 1. The highest BCUT2D eigenvalue weighted by Crippen LogP contribution is 2.32. The number of aryl methyl sites for hydroxylation is 1. The third-order valence-electron chi connectivity index (χ3n) is 9.95. The molecule has 3 aromatic rings. The molecule has 3 aliphatic heterocycles. The lowest BCUT2D eigenvalue weighted by atomic mass is 9.94. The van der Waals surface area contributed by atoms with E-state index in [-0.39, 0.29) is 44.3 Å². The minimum Gasteiger partial charge on any atom is -0.508 e. The molecule has 2 fully saturated rings. The van der Waals surface area contributed by atoms with E-state index >= 15 is 0 Å². The standard InChI is InChI=1S/C38H47N7O7/c1-7-32(47)42-13-14-43(37(42)51)33(22(2)3)34(48)40-30-17-24-15-26(18-27(46)16-24)25-10-11-28-31(19-25)44(23(4)39-28)20-38(5,6)21-52-36(50)29-9-8-12-45(41-29)35(30)49/h7,10-11,15-16,18-19,22,29-30,33,41,46H,1,8-9,12-14,17,20-21H2,2-6H3,(H,40,48)/t29-,30-,33-/m0/s1. The van der Waals surface area contributed by atoms with Gasteiger partial charge in [-0.1, -0.05) is 46.4 Å². The van der Waals surface area contributed by atoms with Crippen molar-refractivity contribution in [3.8, 4) is 16.9 Å². The van der Waals surface area contributed by atoms with Crippen molar-refractivity contribution in [2.75, 3.05) is 26.2 Å². The maximum absolute atomic E-state index is 14.4. The Morgan fingerprint density at radius 3 is 2.60 bits per heavy atom. The maximum atomic E-state index is 14.4. The Hall–Kier alpha value is -5.24. The van der Waals surface area contributed by atoms with Crippen molar-refractivity contribution >= 4 is 40.8 Å². The number of hydrazine groups is 1. The van der Waals surface area contributed by atoms with Gasteiger partial charge in [0.1, 0.15) is 29.7 Å². The lowest BCUT2D eigenvalue weighted by Gasteiger charge is -2.36. The number of hydrogen-bond acceptors (Lipinski definition) is 9. The number of hydrogen-bond donors (Lipinski definition) is 3. The van der Waals surface area contributed by atoms with Crippen molar-refractivity contribution in [1.82, 2.24) is 35.1 Å². The molecule has 2 aromatic carbocycles. The second kappa shape index (κ2) is 14.4. The number of imidazole rings is 1. The summed E-state index contributed by atoms with van der Waals surface area (Å²) in [5, 5.41) is 15.2. The van der Waals surface area contributed by atoms with Gasteiger partial charge in [0.25, 0.3) is 11.8 Å². The molecule has 276 valence electrons. The number of cyclic esters (lactones) is 1. The summed E-state index contributed by atoms with van der Waals surface area (Å²) in [6.07, 6.45) is 2.02. The van der Waals surface area contributed by atoms with E-state index in [9.17, 15) is 29.1 Å². The average Bonchev–Trinajstić information content (AvgIpc) is 3.62. The van der Waals surface area contributed by atoms with Gasteiger partial charge in [0.2, 0.25) is 5.91 Å². The summed E-state index contributed by atoms with van der Waals surface area (Å²) in [6.45, 7) is 14.2. The normalized spacial score (nSPS) is 21.6. The predicted octanol–water partition coefficient (Wildman–Crippen LogP) is 3.30. The van der Waals surface area contributed by atoms with Gasteiger partial charge in [-0.3, -0.25) is 29.1 Å². The van der Waals surface area contributed by atoms with Crippen molar-refractivity contribution < 1.29 is 33.8 Å². The SMILES string of the molecule is C=CC(=O)N1CCN([C@H](C(=O)N[C@H]2Cc3cc(O)cc(c3)-c3ccc4nc(C)n(c4c3)CC(C)(C)COC(=O)[C@@H]3CCCN(N3)C2=O)C(C)C)C1=O. The molecule has 0 radical (unpaired) electrons. The Labute approximate surface area is 302 Å². The number of urea groups is 1. The van der Waals surface area contributed by atoms with Gasteiger partial charge in [0.05, 0.1) is 17.6 Å².